The predicted octanol–water partition coefficient (Wildman–Crippen LogP) is 2.73. The average molecular weight is 266 g/mol. The van der Waals surface area contributed by atoms with Crippen molar-refractivity contribution in [3.63, 3.8) is 0 Å². The predicted molar refractivity (Wildman–Crippen MR) is 74.2 cm³/mol. The zero-order valence-corrected chi connectivity index (χ0v) is 11.5. The standard InChI is InChI=1S/C13H18N2O2S/c1-16-7-3-4-10(14)13-15-11-6-5-9(17-2)8-12(11)18-13/h5-6,8,10H,3-4,7,14H2,1-2H3. The zero-order valence-electron chi connectivity index (χ0n) is 10.7. The Morgan fingerprint density at radius 3 is 2.94 bits per heavy atom. The molecule has 0 aliphatic carbocycles. The van der Waals surface area contributed by atoms with Gasteiger partial charge >= 0.3 is 0 Å². The van der Waals surface area contributed by atoms with Crippen LogP contribution >= 0.6 is 11.3 Å². The van der Waals surface area contributed by atoms with Crippen molar-refractivity contribution in [1.29, 1.82) is 0 Å². The van der Waals surface area contributed by atoms with Gasteiger partial charge in [-0.15, -0.1) is 11.3 Å². The Morgan fingerprint density at radius 1 is 1.39 bits per heavy atom. The summed E-state index contributed by atoms with van der Waals surface area (Å²) in [5, 5.41) is 0.981. The van der Waals surface area contributed by atoms with E-state index in [1.807, 2.05) is 18.2 Å². The van der Waals surface area contributed by atoms with E-state index >= 15 is 0 Å². The molecule has 0 aliphatic rings. The van der Waals surface area contributed by atoms with E-state index < -0.39 is 0 Å². The van der Waals surface area contributed by atoms with Crippen molar-refractivity contribution >= 4 is 21.6 Å². The van der Waals surface area contributed by atoms with Crippen molar-refractivity contribution in [2.24, 2.45) is 5.73 Å². The van der Waals surface area contributed by atoms with Gasteiger partial charge in [0.15, 0.2) is 0 Å². The molecule has 0 amide bonds. The third kappa shape index (κ3) is 2.98. The fourth-order valence-electron chi connectivity index (χ4n) is 1.78. The molecule has 98 valence electrons. The molecule has 1 aromatic carbocycles. The highest BCUT2D eigenvalue weighted by Gasteiger charge is 2.12. The molecule has 1 unspecified atom stereocenters. The molecule has 0 saturated carbocycles. The summed E-state index contributed by atoms with van der Waals surface area (Å²) in [5.74, 6) is 0.852. The number of methoxy groups -OCH3 is 2. The lowest BCUT2D eigenvalue weighted by Gasteiger charge is -2.06. The summed E-state index contributed by atoms with van der Waals surface area (Å²) in [6.07, 6.45) is 1.85. The molecule has 0 fully saturated rings. The lowest BCUT2D eigenvalue weighted by atomic mass is 10.2. The van der Waals surface area contributed by atoms with Crippen LogP contribution in [0.5, 0.6) is 5.75 Å². The summed E-state index contributed by atoms with van der Waals surface area (Å²) in [5.41, 5.74) is 7.12. The van der Waals surface area contributed by atoms with Gasteiger partial charge in [0, 0.05) is 13.7 Å². The number of hydrogen-bond donors (Lipinski definition) is 1. The molecule has 4 nitrogen and oxygen atoms in total. The third-order valence-corrected chi connectivity index (χ3v) is 3.94. The largest absolute Gasteiger partial charge is 0.497 e. The van der Waals surface area contributed by atoms with Gasteiger partial charge in [-0.1, -0.05) is 0 Å². The van der Waals surface area contributed by atoms with E-state index in [-0.39, 0.29) is 6.04 Å². The number of rotatable bonds is 6. The summed E-state index contributed by atoms with van der Waals surface area (Å²) in [4.78, 5) is 4.56. The van der Waals surface area contributed by atoms with Gasteiger partial charge in [0.2, 0.25) is 0 Å². The second-order valence-corrected chi connectivity index (χ2v) is 5.19. The van der Waals surface area contributed by atoms with Gasteiger partial charge in [-0.25, -0.2) is 4.98 Å². The summed E-state index contributed by atoms with van der Waals surface area (Å²) in [6, 6.07) is 5.88. The summed E-state index contributed by atoms with van der Waals surface area (Å²) in [6.45, 7) is 0.742. The Morgan fingerprint density at radius 2 is 2.22 bits per heavy atom. The van der Waals surface area contributed by atoms with E-state index in [1.165, 1.54) is 0 Å². The van der Waals surface area contributed by atoms with Gasteiger partial charge in [-0.2, -0.15) is 0 Å². The molecule has 0 spiro atoms. The molecular formula is C13H18N2O2S. The fourth-order valence-corrected chi connectivity index (χ4v) is 2.81. The normalized spacial score (nSPS) is 12.8. The molecule has 1 aromatic heterocycles. The topological polar surface area (TPSA) is 57.4 Å². The van der Waals surface area contributed by atoms with E-state index in [9.17, 15) is 0 Å². The number of nitrogens with two attached hydrogens (primary N) is 1. The number of hydrogen-bond acceptors (Lipinski definition) is 5. The smallest absolute Gasteiger partial charge is 0.120 e. The summed E-state index contributed by atoms with van der Waals surface area (Å²) in [7, 11) is 3.37. The second kappa shape index (κ2) is 6.13. The minimum Gasteiger partial charge on any atom is -0.497 e. The first kappa shape index (κ1) is 13.3. The minimum absolute atomic E-state index is 0.0106. The second-order valence-electron chi connectivity index (χ2n) is 4.13. The van der Waals surface area contributed by atoms with Gasteiger partial charge < -0.3 is 15.2 Å². The molecule has 2 rings (SSSR count). The van der Waals surface area contributed by atoms with Crippen LogP contribution in [0.1, 0.15) is 23.9 Å². The van der Waals surface area contributed by atoms with E-state index in [0.717, 1.165) is 40.4 Å². The summed E-state index contributed by atoms with van der Waals surface area (Å²) < 4.78 is 11.3. The highest BCUT2D eigenvalue weighted by atomic mass is 32.1. The Labute approximate surface area is 111 Å². The third-order valence-electron chi connectivity index (χ3n) is 2.79. The van der Waals surface area contributed by atoms with Gasteiger partial charge in [-0.05, 0) is 31.0 Å². The molecule has 0 bridgehead atoms. The maximum Gasteiger partial charge on any atom is 0.120 e. The van der Waals surface area contributed by atoms with Crippen LogP contribution in [0, 0.1) is 0 Å². The maximum absolute atomic E-state index is 6.13. The Bertz CT molecular complexity index is 513. The molecule has 2 aromatic rings. The molecule has 2 N–H and O–H groups in total. The summed E-state index contributed by atoms with van der Waals surface area (Å²) >= 11 is 1.64. The van der Waals surface area contributed by atoms with Gasteiger partial charge in [0.1, 0.15) is 10.8 Å². The van der Waals surface area contributed by atoms with E-state index in [2.05, 4.69) is 4.98 Å². The number of ether oxygens (including phenoxy) is 2. The molecule has 0 aliphatic heterocycles. The molecule has 5 heteroatoms. The van der Waals surface area contributed by atoms with Gasteiger partial charge in [0.05, 0.1) is 23.4 Å². The Hall–Kier alpha value is -1.17. The van der Waals surface area contributed by atoms with Gasteiger partial charge in [0.25, 0.3) is 0 Å². The first-order valence-corrected chi connectivity index (χ1v) is 6.75. The molecule has 0 saturated heterocycles. The van der Waals surface area contributed by atoms with Crippen LogP contribution in [0.15, 0.2) is 18.2 Å². The first-order chi connectivity index (χ1) is 8.74. The minimum atomic E-state index is -0.0106. The van der Waals surface area contributed by atoms with Crippen LogP contribution in [0.2, 0.25) is 0 Å². The molecular weight excluding hydrogens is 248 g/mol. The van der Waals surface area contributed by atoms with Crippen LogP contribution in [0.25, 0.3) is 10.2 Å². The molecule has 0 radical (unpaired) electrons. The Kier molecular flexibility index (Phi) is 4.52. The van der Waals surface area contributed by atoms with Crippen LogP contribution in [0.4, 0.5) is 0 Å². The molecule has 1 atom stereocenters. The lowest BCUT2D eigenvalue weighted by Crippen LogP contribution is -2.10. The SMILES string of the molecule is COCCCC(N)c1nc2ccc(OC)cc2s1. The van der Waals surface area contributed by atoms with Crippen LogP contribution in [-0.2, 0) is 4.74 Å². The number of nitrogens with zero attached hydrogens (tertiary/aromatic N) is 1. The molecule has 18 heavy (non-hydrogen) atoms. The first-order valence-electron chi connectivity index (χ1n) is 5.93. The van der Waals surface area contributed by atoms with Crippen molar-refractivity contribution in [2.75, 3.05) is 20.8 Å². The monoisotopic (exact) mass is 266 g/mol. The van der Waals surface area contributed by atoms with E-state index in [4.69, 9.17) is 15.2 Å². The van der Waals surface area contributed by atoms with Gasteiger partial charge in [-0.3, -0.25) is 0 Å². The Balaban J connectivity index is 2.13. The quantitative estimate of drug-likeness (QED) is 0.817. The van der Waals surface area contributed by atoms with Crippen molar-refractivity contribution in [2.45, 2.75) is 18.9 Å². The van der Waals surface area contributed by atoms with Crippen molar-refractivity contribution in [1.82, 2.24) is 4.98 Å². The van der Waals surface area contributed by atoms with Crippen molar-refractivity contribution in [3.05, 3.63) is 23.2 Å². The number of fused-ring (bicyclic) bond motifs is 1. The highest BCUT2D eigenvalue weighted by Crippen LogP contribution is 2.30. The number of thiazole rings is 1. The van der Waals surface area contributed by atoms with Crippen LogP contribution < -0.4 is 10.5 Å². The number of aromatic nitrogens is 1. The zero-order chi connectivity index (χ0) is 13.0. The van der Waals surface area contributed by atoms with E-state index in [0.29, 0.717) is 0 Å². The van der Waals surface area contributed by atoms with Crippen molar-refractivity contribution < 1.29 is 9.47 Å². The van der Waals surface area contributed by atoms with Crippen molar-refractivity contribution in [3.8, 4) is 5.75 Å². The van der Waals surface area contributed by atoms with Crippen LogP contribution in [-0.4, -0.2) is 25.8 Å². The maximum atomic E-state index is 6.13. The molecule has 1 heterocycles. The fraction of sp³-hybridized carbons (Fsp3) is 0.462. The highest BCUT2D eigenvalue weighted by molar-refractivity contribution is 7.18. The lowest BCUT2D eigenvalue weighted by molar-refractivity contribution is 0.190. The number of benzene rings is 1. The average Bonchev–Trinajstić information content (AvgIpc) is 2.81. The van der Waals surface area contributed by atoms with Crippen LogP contribution in [0.3, 0.4) is 0 Å². The van der Waals surface area contributed by atoms with E-state index in [1.54, 1.807) is 25.6 Å².